The Bertz CT molecular complexity index is 392. The van der Waals surface area contributed by atoms with Gasteiger partial charge in [0.05, 0.1) is 11.4 Å². The number of aryl methyl sites for hydroxylation is 1. The van der Waals surface area contributed by atoms with Gasteiger partial charge in [0.1, 0.15) is 0 Å². The second-order valence-corrected chi connectivity index (χ2v) is 5.34. The van der Waals surface area contributed by atoms with Crippen molar-refractivity contribution < 1.29 is 0 Å². The van der Waals surface area contributed by atoms with Crippen molar-refractivity contribution in [1.29, 1.82) is 0 Å². The van der Waals surface area contributed by atoms with Crippen molar-refractivity contribution >= 4 is 11.4 Å². The zero-order valence-corrected chi connectivity index (χ0v) is 9.97. The van der Waals surface area contributed by atoms with Gasteiger partial charge in [-0.25, -0.2) is 0 Å². The fourth-order valence-corrected chi connectivity index (χ4v) is 3.13. The predicted octanol–water partition coefficient (Wildman–Crippen LogP) is 3.54. The molecule has 1 aromatic rings. The highest BCUT2D eigenvalue weighted by atomic mass is 15.1. The van der Waals surface area contributed by atoms with Crippen molar-refractivity contribution in [2.24, 2.45) is 0 Å². The minimum Gasteiger partial charge on any atom is -0.383 e. The Hall–Kier alpha value is -1.18. The average Bonchev–Trinajstić information content (AvgIpc) is 2.61. The third-order valence-electron chi connectivity index (χ3n) is 4.05. The molecule has 0 atom stereocenters. The standard InChI is InChI=1S/C14H20N2/c1-11-4-5-12-13(10-11)16-14(8-9-15-12)6-2-3-7-14/h4-5,10,15-16H,2-3,6-9H2,1H3. The third-order valence-corrected chi connectivity index (χ3v) is 4.05. The van der Waals surface area contributed by atoms with Gasteiger partial charge in [0.25, 0.3) is 0 Å². The maximum Gasteiger partial charge on any atom is 0.0582 e. The Morgan fingerprint density at radius 1 is 1.06 bits per heavy atom. The Morgan fingerprint density at radius 3 is 2.69 bits per heavy atom. The van der Waals surface area contributed by atoms with Crippen molar-refractivity contribution in [3.8, 4) is 0 Å². The highest BCUT2D eigenvalue weighted by molar-refractivity contribution is 5.71. The maximum absolute atomic E-state index is 3.81. The minimum absolute atomic E-state index is 0.381. The van der Waals surface area contributed by atoms with Gasteiger partial charge in [-0.1, -0.05) is 18.9 Å². The van der Waals surface area contributed by atoms with Crippen molar-refractivity contribution in [1.82, 2.24) is 0 Å². The van der Waals surface area contributed by atoms with Crippen LogP contribution in [-0.4, -0.2) is 12.1 Å². The first-order valence-corrected chi connectivity index (χ1v) is 6.40. The van der Waals surface area contributed by atoms with E-state index in [4.69, 9.17) is 0 Å². The SMILES string of the molecule is Cc1ccc2c(c1)NC1(CCCC1)CCN2. The fraction of sp³-hybridized carbons (Fsp3) is 0.571. The molecular weight excluding hydrogens is 196 g/mol. The summed E-state index contributed by atoms with van der Waals surface area (Å²) in [5, 5.41) is 7.35. The Balaban J connectivity index is 1.96. The van der Waals surface area contributed by atoms with Gasteiger partial charge in [-0.2, -0.15) is 0 Å². The van der Waals surface area contributed by atoms with Crippen LogP contribution in [0.25, 0.3) is 0 Å². The highest BCUT2D eigenvalue weighted by Crippen LogP contribution is 2.39. The number of benzene rings is 1. The first-order valence-electron chi connectivity index (χ1n) is 6.40. The quantitative estimate of drug-likeness (QED) is 0.693. The molecule has 1 aromatic carbocycles. The van der Waals surface area contributed by atoms with Gasteiger partial charge in [0.2, 0.25) is 0 Å². The molecule has 0 amide bonds. The van der Waals surface area contributed by atoms with E-state index >= 15 is 0 Å². The van der Waals surface area contributed by atoms with Gasteiger partial charge in [-0.05, 0) is 43.9 Å². The molecule has 0 aromatic heterocycles. The van der Waals surface area contributed by atoms with Gasteiger partial charge in [-0.15, -0.1) is 0 Å². The molecule has 1 aliphatic carbocycles. The molecule has 86 valence electrons. The van der Waals surface area contributed by atoms with E-state index in [1.165, 1.54) is 49.0 Å². The summed E-state index contributed by atoms with van der Waals surface area (Å²) in [5.41, 5.74) is 4.29. The van der Waals surface area contributed by atoms with Crippen molar-refractivity contribution in [2.45, 2.75) is 44.6 Å². The normalized spacial score (nSPS) is 22.1. The van der Waals surface area contributed by atoms with Gasteiger partial charge in [0, 0.05) is 12.1 Å². The lowest BCUT2D eigenvalue weighted by Crippen LogP contribution is -2.35. The number of fused-ring (bicyclic) bond motifs is 1. The van der Waals surface area contributed by atoms with E-state index < -0.39 is 0 Å². The van der Waals surface area contributed by atoms with E-state index in [2.05, 4.69) is 35.8 Å². The zero-order chi connectivity index (χ0) is 11.0. The van der Waals surface area contributed by atoms with E-state index in [9.17, 15) is 0 Å². The van der Waals surface area contributed by atoms with Crippen molar-refractivity contribution in [3.05, 3.63) is 23.8 Å². The molecule has 0 saturated heterocycles. The summed E-state index contributed by atoms with van der Waals surface area (Å²) in [5.74, 6) is 0. The molecule has 1 spiro atoms. The first kappa shape index (κ1) is 10.0. The molecule has 2 aliphatic rings. The number of rotatable bonds is 0. The maximum atomic E-state index is 3.81. The average molecular weight is 216 g/mol. The molecule has 0 radical (unpaired) electrons. The molecule has 2 N–H and O–H groups in total. The molecule has 1 aliphatic heterocycles. The molecule has 2 nitrogen and oxygen atoms in total. The van der Waals surface area contributed by atoms with Crippen LogP contribution in [0.4, 0.5) is 11.4 Å². The fourth-order valence-electron chi connectivity index (χ4n) is 3.13. The van der Waals surface area contributed by atoms with Crippen LogP contribution in [0.3, 0.4) is 0 Å². The molecule has 2 heteroatoms. The molecule has 0 bridgehead atoms. The van der Waals surface area contributed by atoms with E-state index in [0.717, 1.165) is 6.54 Å². The summed E-state index contributed by atoms with van der Waals surface area (Å²) in [6, 6.07) is 6.65. The molecular formula is C14H20N2. The van der Waals surface area contributed by atoms with E-state index in [-0.39, 0.29) is 0 Å². The molecule has 3 rings (SSSR count). The van der Waals surface area contributed by atoms with Crippen LogP contribution >= 0.6 is 0 Å². The Morgan fingerprint density at radius 2 is 1.88 bits per heavy atom. The van der Waals surface area contributed by atoms with Crippen LogP contribution in [0.1, 0.15) is 37.7 Å². The van der Waals surface area contributed by atoms with Crippen LogP contribution < -0.4 is 10.6 Å². The zero-order valence-electron chi connectivity index (χ0n) is 9.97. The summed E-state index contributed by atoms with van der Waals surface area (Å²) >= 11 is 0. The van der Waals surface area contributed by atoms with E-state index in [1.54, 1.807) is 0 Å². The Labute approximate surface area is 97.4 Å². The number of nitrogens with one attached hydrogen (secondary N) is 2. The van der Waals surface area contributed by atoms with Gasteiger partial charge >= 0.3 is 0 Å². The molecule has 1 saturated carbocycles. The van der Waals surface area contributed by atoms with Gasteiger partial charge in [-0.3, -0.25) is 0 Å². The van der Waals surface area contributed by atoms with Crippen molar-refractivity contribution in [3.63, 3.8) is 0 Å². The monoisotopic (exact) mass is 216 g/mol. The van der Waals surface area contributed by atoms with Crippen LogP contribution in [0.2, 0.25) is 0 Å². The highest BCUT2D eigenvalue weighted by Gasteiger charge is 2.35. The van der Waals surface area contributed by atoms with Gasteiger partial charge in [0.15, 0.2) is 0 Å². The summed E-state index contributed by atoms with van der Waals surface area (Å²) in [6.07, 6.45) is 6.69. The summed E-state index contributed by atoms with van der Waals surface area (Å²) in [4.78, 5) is 0. The van der Waals surface area contributed by atoms with E-state index in [0.29, 0.717) is 5.54 Å². The van der Waals surface area contributed by atoms with Crippen molar-refractivity contribution in [2.75, 3.05) is 17.2 Å². The van der Waals surface area contributed by atoms with Crippen LogP contribution in [0.15, 0.2) is 18.2 Å². The first-order chi connectivity index (χ1) is 7.77. The number of anilines is 2. The van der Waals surface area contributed by atoms with E-state index in [1.807, 2.05) is 0 Å². The lowest BCUT2D eigenvalue weighted by atomic mass is 9.93. The minimum atomic E-state index is 0.381. The second kappa shape index (κ2) is 3.69. The molecule has 0 unspecified atom stereocenters. The smallest absolute Gasteiger partial charge is 0.0582 e. The molecule has 1 fully saturated rings. The lowest BCUT2D eigenvalue weighted by Gasteiger charge is -2.29. The Kier molecular flexibility index (Phi) is 2.31. The number of hydrogen-bond donors (Lipinski definition) is 2. The third kappa shape index (κ3) is 1.66. The predicted molar refractivity (Wildman–Crippen MR) is 69.1 cm³/mol. The second-order valence-electron chi connectivity index (χ2n) is 5.34. The summed E-state index contributed by atoms with van der Waals surface area (Å²) in [6.45, 7) is 3.26. The topological polar surface area (TPSA) is 24.1 Å². The largest absolute Gasteiger partial charge is 0.383 e. The van der Waals surface area contributed by atoms with Crippen LogP contribution in [0.5, 0.6) is 0 Å². The molecule has 16 heavy (non-hydrogen) atoms. The summed E-state index contributed by atoms with van der Waals surface area (Å²) < 4.78 is 0. The lowest BCUT2D eigenvalue weighted by molar-refractivity contribution is 0.461. The van der Waals surface area contributed by atoms with Crippen LogP contribution in [-0.2, 0) is 0 Å². The summed E-state index contributed by atoms with van der Waals surface area (Å²) in [7, 11) is 0. The van der Waals surface area contributed by atoms with Crippen LogP contribution in [0, 0.1) is 6.92 Å². The van der Waals surface area contributed by atoms with Gasteiger partial charge < -0.3 is 10.6 Å². The number of hydrogen-bond acceptors (Lipinski definition) is 2. The molecule has 1 heterocycles.